The molecule has 0 aliphatic rings. The summed E-state index contributed by atoms with van der Waals surface area (Å²) in [6.45, 7) is 2.60. The number of nitrogens with zero attached hydrogens (tertiary/aromatic N) is 1. The number of primary sulfonamides is 1. The van der Waals surface area contributed by atoms with Gasteiger partial charge in [-0.15, -0.1) is 0 Å². The van der Waals surface area contributed by atoms with Crippen LogP contribution in [0.5, 0.6) is 0 Å². The van der Waals surface area contributed by atoms with Gasteiger partial charge in [0, 0.05) is 22.9 Å². The summed E-state index contributed by atoms with van der Waals surface area (Å²) in [5, 5.41) is 7.72. The molecular weight excluding hydrogens is 358 g/mol. The normalized spacial score (nSPS) is 11.4. The first-order valence-corrected chi connectivity index (χ1v) is 8.45. The lowest BCUT2D eigenvalue weighted by Gasteiger charge is -2.08. The Morgan fingerprint density at radius 2 is 1.95 bits per heavy atom. The molecule has 0 fully saturated rings. The summed E-state index contributed by atoms with van der Waals surface area (Å²) in [5.74, 6) is -0.272. The van der Waals surface area contributed by atoms with Crippen molar-refractivity contribution in [2.24, 2.45) is 5.14 Å². The first-order chi connectivity index (χ1) is 9.81. The zero-order valence-corrected chi connectivity index (χ0v) is 13.6. The number of halogens is 1. The highest BCUT2D eigenvalue weighted by Gasteiger charge is 2.13. The predicted octanol–water partition coefficient (Wildman–Crippen LogP) is 2.17. The van der Waals surface area contributed by atoms with Crippen molar-refractivity contribution in [2.45, 2.75) is 18.4 Å². The van der Waals surface area contributed by atoms with Gasteiger partial charge >= 0.3 is 0 Å². The van der Waals surface area contributed by atoms with Crippen LogP contribution in [-0.2, 0) is 16.6 Å². The summed E-state index contributed by atoms with van der Waals surface area (Å²) in [7, 11) is -3.73. The van der Waals surface area contributed by atoms with E-state index >= 15 is 0 Å². The SMILES string of the molecule is CCn1cc(Br)cc1C(=O)Nc1ccc(S(N)(=O)=O)cc1. The lowest BCUT2D eigenvalue weighted by atomic mass is 10.3. The molecule has 1 heterocycles. The molecule has 0 spiro atoms. The van der Waals surface area contributed by atoms with Gasteiger partial charge in [-0.1, -0.05) is 0 Å². The molecule has 1 amide bonds. The van der Waals surface area contributed by atoms with Gasteiger partial charge in [0.25, 0.3) is 5.91 Å². The second-order valence-corrected chi connectivity index (χ2v) is 6.83. The molecule has 3 N–H and O–H groups in total. The number of carbonyl (C=O) groups is 1. The van der Waals surface area contributed by atoms with E-state index in [0.717, 1.165) is 4.47 Å². The van der Waals surface area contributed by atoms with Crippen molar-refractivity contribution < 1.29 is 13.2 Å². The minimum Gasteiger partial charge on any atom is -0.343 e. The number of carbonyl (C=O) groups excluding carboxylic acids is 1. The Kier molecular flexibility index (Phi) is 4.50. The third-order valence-corrected chi connectivity index (χ3v) is 4.24. The highest BCUT2D eigenvalue weighted by atomic mass is 79.9. The van der Waals surface area contributed by atoms with Crippen LogP contribution < -0.4 is 10.5 Å². The number of nitrogens with two attached hydrogens (primary N) is 1. The minimum absolute atomic E-state index is 0.000164. The molecule has 0 saturated carbocycles. The lowest BCUT2D eigenvalue weighted by molar-refractivity contribution is 0.101. The van der Waals surface area contributed by atoms with Crippen molar-refractivity contribution in [3.8, 4) is 0 Å². The number of aromatic nitrogens is 1. The zero-order chi connectivity index (χ0) is 15.6. The Labute approximate surface area is 131 Å². The van der Waals surface area contributed by atoms with Gasteiger partial charge < -0.3 is 9.88 Å². The Balaban J connectivity index is 2.20. The molecule has 1 aromatic heterocycles. The summed E-state index contributed by atoms with van der Waals surface area (Å²) in [6, 6.07) is 7.40. The van der Waals surface area contributed by atoms with E-state index in [2.05, 4.69) is 21.2 Å². The van der Waals surface area contributed by atoms with E-state index in [4.69, 9.17) is 5.14 Å². The second kappa shape index (κ2) is 6.00. The van der Waals surface area contributed by atoms with Crippen LogP contribution in [-0.4, -0.2) is 18.9 Å². The summed E-state index contributed by atoms with van der Waals surface area (Å²) >= 11 is 3.33. The van der Waals surface area contributed by atoms with Crippen LogP contribution in [0.2, 0.25) is 0 Å². The third-order valence-electron chi connectivity index (χ3n) is 2.88. The average molecular weight is 372 g/mol. The van der Waals surface area contributed by atoms with Crippen LogP contribution in [0.1, 0.15) is 17.4 Å². The van der Waals surface area contributed by atoms with Gasteiger partial charge in [0.15, 0.2) is 0 Å². The predicted molar refractivity (Wildman–Crippen MR) is 83.6 cm³/mol. The topological polar surface area (TPSA) is 94.2 Å². The highest BCUT2D eigenvalue weighted by molar-refractivity contribution is 9.10. The summed E-state index contributed by atoms with van der Waals surface area (Å²) in [4.78, 5) is 12.2. The molecule has 0 aliphatic heterocycles. The Bertz CT molecular complexity index is 766. The summed E-state index contributed by atoms with van der Waals surface area (Å²) in [5.41, 5.74) is 1.01. The lowest BCUT2D eigenvalue weighted by Crippen LogP contribution is -2.16. The number of rotatable bonds is 4. The van der Waals surface area contributed by atoms with Crippen LogP contribution in [0.3, 0.4) is 0 Å². The molecule has 0 saturated heterocycles. The van der Waals surface area contributed by atoms with Gasteiger partial charge in [0.2, 0.25) is 10.0 Å². The van der Waals surface area contributed by atoms with Crippen LogP contribution in [0.15, 0.2) is 45.9 Å². The van der Waals surface area contributed by atoms with Crippen LogP contribution >= 0.6 is 15.9 Å². The van der Waals surface area contributed by atoms with Crippen LogP contribution in [0, 0.1) is 0 Å². The number of hydrogen-bond donors (Lipinski definition) is 2. The minimum atomic E-state index is -3.73. The van der Waals surface area contributed by atoms with E-state index in [1.54, 1.807) is 10.6 Å². The molecule has 1 aromatic carbocycles. The van der Waals surface area contributed by atoms with Crippen LogP contribution in [0.25, 0.3) is 0 Å². The van der Waals surface area contributed by atoms with E-state index in [9.17, 15) is 13.2 Å². The van der Waals surface area contributed by atoms with E-state index in [0.29, 0.717) is 17.9 Å². The van der Waals surface area contributed by atoms with Gasteiger partial charge in [0.1, 0.15) is 5.69 Å². The Morgan fingerprint density at radius 3 is 2.48 bits per heavy atom. The average Bonchev–Trinajstić information content (AvgIpc) is 2.79. The third kappa shape index (κ3) is 3.72. The van der Waals surface area contributed by atoms with Crippen molar-refractivity contribution >= 4 is 37.5 Å². The number of hydrogen-bond acceptors (Lipinski definition) is 3. The monoisotopic (exact) mass is 371 g/mol. The van der Waals surface area contributed by atoms with Crippen molar-refractivity contribution in [1.29, 1.82) is 0 Å². The maximum Gasteiger partial charge on any atom is 0.272 e. The zero-order valence-electron chi connectivity index (χ0n) is 11.2. The van der Waals surface area contributed by atoms with E-state index < -0.39 is 10.0 Å². The number of benzene rings is 1. The molecule has 8 heteroatoms. The molecule has 0 atom stereocenters. The molecule has 112 valence electrons. The van der Waals surface area contributed by atoms with Crippen LogP contribution in [0.4, 0.5) is 5.69 Å². The van der Waals surface area contributed by atoms with Gasteiger partial charge in [0.05, 0.1) is 4.90 Å². The molecular formula is C13H14BrN3O3S. The van der Waals surface area contributed by atoms with E-state index in [-0.39, 0.29) is 10.8 Å². The van der Waals surface area contributed by atoms with Gasteiger partial charge in [-0.2, -0.15) is 0 Å². The molecule has 6 nitrogen and oxygen atoms in total. The maximum atomic E-state index is 12.2. The first kappa shape index (κ1) is 15.7. The summed E-state index contributed by atoms with van der Waals surface area (Å²) in [6.07, 6.45) is 1.82. The van der Waals surface area contributed by atoms with Crippen molar-refractivity contribution in [3.63, 3.8) is 0 Å². The smallest absolute Gasteiger partial charge is 0.272 e. The fraction of sp³-hybridized carbons (Fsp3) is 0.154. The molecule has 0 bridgehead atoms. The fourth-order valence-corrected chi connectivity index (χ4v) is 2.83. The molecule has 0 unspecified atom stereocenters. The molecule has 0 radical (unpaired) electrons. The fourth-order valence-electron chi connectivity index (χ4n) is 1.85. The largest absolute Gasteiger partial charge is 0.343 e. The van der Waals surface area contributed by atoms with Crippen molar-refractivity contribution in [1.82, 2.24) is 4.57 Å². The standard InChI is InChI=1S/C13H14BrN3O3S/c1-2-17-8-9(14)7-12(17)13(18)16-10-3-5-11(6-4-10)21(15,19)20/h3-8H,2H2,1H3,(H,16,18)(H2,15,19,20). The molecule has 0 aliphatic carbocycles. The number of sulfonamides is 1. The number of anilines is 1. The van der Waals surface area contributed by atoms with Gasteiger partial charge in [-0.25, -0.2) is 13.6 Å². The molecule has 2 rings (SSSR count). The van der Waals surface area contributed by atoms with E-state index in [1.165, 1.54) is 24.3 Å². The van der Waals surface area contributed by atoms with Gasteiger partial charge in [-0.3, -0.25) is 4.79 Å². The Hall–Kier alpha value is -1.64. The van der Waals surface area contributed by atoms with Crippen molar-refractivity contribution in [3.05, 3.63) is 46.7 Å². The molecule has 21 heavy (non-hydrogen) atoms. The quantitative estimate of drug-likeness (QED) is 0.861. The number of amides is 1. The summed E-state index contributed by atoms with van der Waals surface area (Å²) < 4.78 is 24.9. The number of aryl methyl sites for hydroxylation is 1. The maximum absolute atomic E-state index is 12.2. The molecule has 2 aromatic rings. The first-order valence-electron chi connectivity index (χ1n) is 6.11. The second-order valence-electron chi connectivity index (χ2n) is 4.35. The van der Waals surface area contributed by atoms with E-state index in [1.807, 2.05) is 13.1 Å². The highest BCUT2D eigenvalue weighted by Crippen LogP contribution is 2.18. The van der Waals surface area contributed by atoms with Gasteiger partial charge in [-0.05, 0) is 53.2 Å². The van der Waals surface area contributed by atoms with Crippen molar-refractivity contribution in [2.75, 3.05) is 5.32 Å². The Morgan fingerprint density at radius 1 is 1.33 bits per heavy atom. The number of nitrogens with one attached hydrogen (secondary N) is 1.